The van der Waals surface area contributed by atoms with Crippen LogP contribution in [-0.2, 0) is 0 Å². The predicted octanol–water partition coefficient (Wildman–Crippen LogP) is 3.49. The first-order valence-corrected chi connectivity index (χ1v) is 8.13. The van der Waals surface area contributed by atoms with E-state index in [0.29, 0.717) is 6.04 Å². The molecule has 1 saturated carbocycles. The number of rotatable bonds is 4. The molecule has 0 aromatic carbocycles. The van der Waals surface area contributed by atoms with Gasteiger partial charge in [-0.1, -0.05) is 33.1 Å². The molecule has 1 aliphatic heterocycles. The van der Waals surface area contributed by atoms with E-state index >= 15 is 0 Å². The van der Waals surface area contributed by atoms with Crippen molar-refractivity contribution in [2.75, 3.05) is 6.54 Å². The Bertz CT molecular complexity index is 245. The molecular formula is C16H31NO. The molecule has 2 unspecified atom stereocenters. The van der Waals surface area contributed by atoms with Crippen molar-refractivity contribution < 1.29 is 5.11 Å². The summed E-state index contributed by atoms with van der Waals surface area (Å²) in [5.41, 5.74) is -0.405. The van der Waals surface area contributed by atoms with Crippen molar-refractivity contribution in [2.45, 2.75) is 83.3 Å². The summed E-state index contributed by atoms with van der Waals surface area (Å²) in [6, 6.07) is 0.360. The quantitative estimate of drug-likeness (QED) is 0.804. The third-order valence-corrected chi connectivity index (χ3v) is 5.41. The van der Waals surface area contributed by atoms with Crippen molar-refractivity contribution in [2.24, 2.45) is 11.8 Å². The fourth-order valence-corrected chi connectivity index (χ4v) is 4.00. The number of hydrogen-bond donors (Lipinski definition) is 2. The van der Waals surface area contributed by atoms with E-state index in [1.807, 2.05) is 0 Å². The first-order chi connectivity index (χ1) is 8.68. The summed E-state index contributed by atoms with van der Waals surface area (Å²) in [6.45, 7) is 5.66. The van der Waals surface area contributed by atoms with Crippen LogP contribution in [0.3, 0.4) is 0 Å². The van der Waals surface area contributed by atoms with Gasteiger partial charge in [-0.25, -0.2) is 0 Å². The van der Waals surface area contributed by atoms with Crippen molar-refractivity contribution in [1.29, 1.82) is 0 Å². The Labute approximate surface area is 113 Å². The summed E-state index contributed by atoms with van der Waals surface area (Å²) in [6.07, 6.45) is 10.9. The maximum atomic E-state index is 10.9. The van der Waals surface area contributed by atoms with Crippen molar-refractivity contribution >= 4 is 0 Å². The van der Waals surface area contributed by atoms with E-state index in [2.05, 4.69) is 19.2 Å². The highest BCUT2D eigenvalue weighted by atomic mass is 16.3. The van der Waals surface area contributed by atoms with Crippen LogP contribution < -0.4 is 5.32 Å². The first kappa shape index (κ1) is 14.3. The van der Waals surface area contributed by atoms with Crippen LogP contribution in [0.4, 0.5) is 0 Å². The number of hydrogen-bond acceptors (Lipinski definition) is 2. The van der Waals surface area contributed by atoms with Crippen molar-refractivity contribution in [1.82, 2.24) is 5.32 Å². The first-order valence-electron chi connectivity index (χ1n) is 8.13. The molecular weight excluding hydrogens is 222 g/mol. The van der Waals surface area contributed by atoms with Crippen LogP contribution >= 0.6 is 0 Å². The Morgan fingerprint density at radius 1 is 1.11 bits per heavy atom. The molecule has 0 radical (unpaired) electrons. The molecule has 0 bridgehead atoms. The second-order valence-electron chi connectivity index (χ2n) is 6.64. The van der Waals surface area contributed by atoms with E-state index in [9.17, 15) is 5.11 Å². The Kier molecular flexibility index (Phi) is 5.08. The lowest BCUT2D eigenvalue weighted by atomic mass is 9.70. The molecule has 2 nitrogen and oxygen atoms in total. The molecule has 1 heterocycles. The van der Waals surface area contributed by atoms with Crippen molar-refractivity contribution in [3.05, 3.63) is 0 Å². The molecule has 2 heteroatoms. The summed E-state index contributed by atoms with van der Waals surface area (Å²) in [5.74, 6) is 1.70. The normalized spacial score (nSPS) is 41.8. The van der Waals surface area contributed by atoms with E-state index in [1.54, 1.807) is 0 Å². The standard InChI is InChI=1S/C16H31NO/c1-3-5-14-6-9-16(18,10-7-14)15-12-13(4-2)8-11-17-15/h13-15,17-18H,3-12H2,1-2H3. The van der Waals surface area contributed by atoms with Gasteiger partial charge in [0, 0.05) is 6.04 Å². The second kappa shape index (κ2) is 6.38. The molecule has 106 valence electrons. The van der Waals surface area contributed by atoms with Gasteiger partial charge in [0.2, 0.25) is 0 Å². The maximum absolute atomic E-state index is 10.9. The van der Waals surface area contributed by atoms with Crippen LogP contribution in [0.2, 0.25) is 0 Å². The van der Waals surface area contributed by atoms with Crippen molar-refractivity contribution in [3.8, 4) is 0 Å². The molecule has 2 N–H and O–H groups in total. The highest BCUT2D eigenvalue weighted by molar-refractivity contribution is 4.97. The van der Waals surface area contributed by atoms with Gasteiger partial charge >= 0.3 is 0 Å². The number of nitrogens with one attached hydrogen (secondary N) is 1. The van der Waals surface area contributed by atoms with Crippen LogP contribution in [0.25, 0.3) is 0 Å². The third-order valence-electron chi connectivity index (χ3n) is 5.41. The van der Waals surface area contributed by atoms with Crippen molar-refractivity contribution in [3.63, 3.8) is 0 Å². The molecule has 0 amide bonds. The van der Waals surface area contributed by atoms with Gasteiger partial charge in [-0.3, -0.25) is 0 Å². The van der Waals surface area contributed by atoms with E-state index in [4.69, 9.17) is 0 Å². The van der Waals surface area contributed by atoms with E-state index in [1.165, 1.54) is 44.9 Å². The third kappa shape index (κ3) is 3.27. The van der Waals surface area contributed by atoms with Gasteiger partial charge in [-0.2, -0.15) is 0 Å². The topological polar surface area (TPSA) is 32.3 Å². The zero-order valence-electron chi connectivity index (χ0n) is 12.3. The lowest BCUT2D eigenvalue weighted by Crippen LogP contribution is -2.55. The van der Waals surface area contributed by atoms with E-state index in [-0.39, 0.29) is 0 Å². The number of piperidine rings is 1. The summed E-state index contributed by atoms with van der Waals surface area (Å²) in [7, 11) is 0. The zero-order valence-corrected chi connectivity index (χ0v) is 12.3. The Balaban J connectivity index is 1.88. The summed E-state index contributed by atoms with van der Waals surface area (Å²) >= 11 is 0. The van der Waals surface area contributed by atoms with Gasteiger partial charge in [0.05, 0.1) is 5.60 Å². The Morgan fingerprint density at radius 2 is 1.83 bits per heavy atom. The molecule has 0 spiro atoms. The molecule has 2 atom stereocenters. The van der Waals surface area contributed by atoms with Gasteiger partial charge in [-0.05, 0) is 56.9 Å². The van der Waals surface area contributed by atoms with Gasteiger partial charge in [0.1, 0.15) is 0 Å². The fourth-order valence-electron chi connectivity index (χ4n) is 4.00. The zero-order chi connectivity index (χ0) is 13.0. The Morgan fingerprint density at radius 3 is 2.44 bits per heavy atom. The number of aliphatic hydroxyl groups is 1. The minimum absolute atomic E-state index is 0.360. The minimum Gasteiger partial charge on any atom is -0.388 e. The highest BCUT2D eigenvalue weighted by Crippen LogP contribution is 2.39. The van der Waals surface area contributed by atoms with Crippen LogP contribution in [0, 0.1) is 11.8 Å². The van der Waals surface area contributed by atoms with Crippen LogP contribution in [0.5, 0.6) is 0 Å². The smallest absolute Gasteiger partial charge is 0.0800 e. The summed E-state index contributed by atoms with van der Waals surface area (Å²) in [5, 5.41) is 14.5. The molecule has 2 aliphatic rings. The largest absolute Gasteiger partial charge is 0.388 e. The summed E-state index contributed by atoms with van der Waals surface area (Å²) in [4.78, 5) is 0. The molecule has 0 aromatic heterocycles. The van der Waals surface area contributed by atoms with Gasteiger partial charge in [0.25, 0.3) is 0 Å². The molecule has 18 heavy (non-hydrogen) atoms. The molecule has 1 saturated heterocycles. The van der Waals surface area contributed by atoms with Gasteiger partial charge in [0.15, 0.2) is 0 Å². The van der Waals surface area contributed by atoms with Crippen LogP contribution in [-0.4, -0.2) is 23.3 Å². The van der Waals surface area contributed by atoms with Crippen LogP contribution in [0.15, 0.2) is 0 Å². The fraction of sp³-hybridized carbons (Fsp3) is 1.00. The minimum atomic E-state index is -0.405. The average Bonchev–Trinajstić information content (AvgIpc) is 2.42. The van der Waals surface area contributed by atoms with E-state index in [0.717, 1.165) is 31.2 Å². The molecule has 0 aromatic rings. The average molecular weight is 253 g/mol. The van der Waals surface area contributed by atoms with Gasteiger partial charge < -0.3 is 10.4 Å². The lowest BCUT2D eigenvalue weighted by molar-refractivity contribution is -0.0542. The summed E-state index contributed by atoms with van der Waals surface area (Å²) < 4.78 is 0. The SMILES string of the molecule is CCCC1CCC(O)(C2CC(CC)CCN2)CC1. The highest BCUT2D eigenvalue weighted by Gasteiger charge is 2.41. The lowest BCUT2D eigenvalue weighted by Gasteiger charge is -2.45. The predicted molar refractivity (Wildman–Crippen MR) is 76.6 cm³/mol. The second-order valence-corrected chi connectivity index (χ2v) is 6.64. The molecule has 2 fully saturated rings. The Hall–Kier alpha value is -0.0800. The van der Waals surface area contributed by atoms with Crippen LogP contribution in [0.1, 0.15) is 71.6 Å². The molecule has 2 rings (SSSR count). The van der Waals surface area contributed by atoms with Gasteiger partial charge in [-0.15, -0.1) is 0 Å². The monoisotopic (exact) mass is 253 g/mol. The maximum Gasteiger partial charge on any atom is 0.0800 e. The molecule has 1 aliphatic carbocycles. The van der Waals surface area contributed by atoms with E-state index < -0.39 is 5.60 Å².